The predicted molar refractivity (Wildman–Crippen MR) is 135 cm³/mol. The van der Waals surface area contributed by atoms with Crippen molar-refractivity contribution in [3.63, 3.8) is 0 Å². The first-order valence-corrected chi connectivity index (χ1v) is 12.9. The normalized spacial score (nSPS) is 16.7. The van der Waals surface area contributed by atoms with Crippen molar-refractivity contribution in [2.24, 2.45) is 5.92 Å². The Morgan fingerprint density at radius 2 is 2.06 bits per heavy atom. The van der Waals surface area contributed by atoms with Gasteiger partial charge in [-0.15, -0.1) is 0 Å². The first kappa shape index (κ1) is 27.2. The fourth-order valence-electron chi connectivity index (χ4n) is 4.32. The largest absolute Gasteiger partial charge is 0.480 e. The van der Waals surface area contributed by atoms with E-state index in [1.807, 2.05) is 0 Å². The van der Waals surface area contributed by atoms with E-state index in [1.54, 1.807) is 20.8 Å². The molecule has 196 valence electrons. The Morgan fingerprint density at radius 3 is 2.74 bits per heavy atom. The van der Waals surface area contributed by atoms with Gasteiger partial charge in [-0.2, -0.15) is 0 Å². The van der Waals surface area contributed by atoms with E-state index in [-0.39, 0.29) is 0 Å². The molecule has 1 aromatic heterocycles. The van der Waals surface area contributed by atoms with Crippen LogP contribution in [0.2, 0.25) is 0 Å². The number of nitrogens with one attached hydrogen (secondary N) is 2. The molecule has 3 rings (SSSR count). The van der Waals surface area contributed by atoms with Crippen molar-refractivity contribution in [3.8, 4) is 0 Å². The maximum atomic E-state index is 12.1. The van der Waals surface area contributed by atoms with E-state index >= 15 is 0 Å². The highest BCUT2D eigenvalue weighted by Gasteiger charge is 2.25. The van der Waals surface area contributed by atoms with Gasteiger partial charge in [-0.05, 0) is 90.4 Å². The first-order valence-electron chi connectivity index (χ1n) is 12.9. The molecule has 1 unspecified atom stereocenters. The zero-order valence-corrected chi connectivity index (χ0v) is 21.5. The molecule has 0 saturated carbocycles. The van der Waals surface area contributed by atoms with Crippen LogP contribution in [0.5, 0.6) is 0 Å². The number of aromatic nitrogens is 1. The van der Waals surface area contributed by atoms with Crippen LogP contribution in [0, 0.1) is 5.92 Å². The number of carbonyl (C=O) groups excluding carboxylic acids is 1. The molecular weight excluding hydrogens is 448 g/mol. The number of carboxylic acids is 1. The van der Waals surface area contributed by atoms with Gasteiger partial charge in [0.05, 0.1) is 13.2 Å². The van der Waals surface area contributed by atoms with Crippen molar-refractivity contribution < 1.29 is 24.2 Å². The minimum absolute atomic E-state index is 0.327. The molecule has 0 bridgehead atoms. The number of carbonyl (C=O) groups is 2. The third-order valence-corrected chi connectivity index (χ3v) is 6.39. The highest BCUT2D eigenvalue weighted by molar-refractivity contribution is 5.80. The molecule has 9 heteroatoms. The molecular formula is C26H42N4O5. The van der Waals surface area contributed by atoms with Crippen LogP contribution >= 0.6 is 0 Å². The molecule has 0 aliphatic carbocycles. The summed E-state index contributed by atoms with van der Waals surface area (Å²) in [7, 11) is 0. The van der Waals surface area contributed by atoms with Crippen LogP contribution in [0.4, 0.5) is 10.6 Å². The average molecular weight is 491 g/mol. The van der Waals surface area contributed by atoms with Crippen LogP contribution in [0.3, 0.4) is 0 Å². The van der Waals surface area contributed by atoms with Gasteiger partial charge in [0.25, 0.3) is 0 Å². The van der Waals surface area contributed by atoms with Crippen molar-refractivity contribution in [1.29, 1.82) is 0 Å². The van der Waals surface area contributed by atoms with Crippen LogP contribution in [-0.4, -0.2) is 78.1 Å². The van der Waals surface area contributed by atoms with E-state index in [9.17, 15) is 14.7 Å². The van der Waals surface area contributed by atoms with E-state index in [1.165, 1.54) is 5.56 Å². The van der Waals surface area contributed by atoms with E-state index in [0.717, 1.165) is 82.9 Å². The molecule has 1 fully saturated rings. The Kier molecular flexibility index (Phi) is 10.2. The maximum Gasteiger partial charge on any atom is 0.408 e. The molecule has 3 N–H and O–H groups in total. The van der Waals surface area contributed by atoms with Crippen molar-refractivity contribution >= 4 is 17.9 Å². The van der Waals surface area contributed by atoms with Gasteiger partial charge in [0.1, 0.15) is 17.5 Å². The third kappa shape index (κ3) is 9.64. The lowest BCUT2D eigenvalue weighted by Gasteiger charge is -2.30. The molecule has 1 amide bonds. The molecule has 1 saturated heterocycles. The minimum atomic E-state index is -1.05. The minimum Gasteiger partial charge on any atom is -0.480 e. The molecule has 0 aromatic carbocycles. The number of amides is 1. The van der Waals surface area contributed by atoms with E-state index in [0.29, 0.717) is 18.9 Å². The topological polar surface area (TPSA) is 113 Å². The fourth-order valence-corrected chi connectivity index (χ4v) is 4.32. The predicted octanol–water partition coefficient (Wildman–Crippen LogP) is 3.47. The maximum absolute atomic E-state index is 12.1. The highest BCUT2D eigenvalue weighted by atomic mass is 16.6. The van der Waals surface area contributed by atoms with Crippen molar-refractivity contribution in [3.05, 3.63) is 23.4 Å². The number of alkyl carbamates (subject to hydrolysis) is 1. The van der Waals surface area contributed by atoms with Gasteiger partial charge in [-0.25, -0.2) is 14.6 Å². The Balaban J connectivity index is 1.46. The highest BCUT2D eigenvalue weighted by Crippen LogP contribution is 2.20. The summed E-state index contributed by atoms with van der Waals surface area (Å²) in [4.78, 5) is 30.9. The lowest BCUT2D eigenvalue weighted by atomic mass is 10.0. The average Bonchev–Trinajstić information content (AvgIpc) is 2.76. The van der Waals surface area contributed by atoms with Crippen molar-refractivity contribution in [2.45, 2.75) is 77.4 Å². The number of unbranched alkanes of at least 4 members (excludes halogenated alkanes) is 1. The smallest absolute Gasteiger partial charge is 0.408 e. The molecule has 2 aliphatic rings. The van der Waals surface area contributed by atoms with Gasteiger partial charge in [-0.1, -0.05) is 6.07 Å². The third-order valence-electron chi connectivity index (χ3n) is 6.39. The lowest BCUT2D eigenvalue weighted by Crippen LogP contribution is -2.45. The summed E-state index contributed by atoms with van der Waals surface area (Å²) < 4.78 is 10.5. The summed E-state index contributed by atoms with van der Waals surface area (Å²) in [6.07, 6.45) is 5.87. The Labute approximate surface area is 209 Å². The zero-order chi connectivity index (χ0) is 25.3. The Bertz CT molecular complexity index is 838. The quantitative estimate of drug-likeness (QED) is 0.360. The number of aliphatic carboxylic acids is 1. The standard InChI is InChI=1S/C26H42N4O5/c1-26(2,3)35-25(33)29-22(24(31)32)12-16-30(15-11-19-17-34-18-19)14-5-4-8-21-10-9-20-7-6-13-27-23(20)28-21/h9-10,19,22H,4-8,11-18H2,1-3H3,(H,27,28)(H,29,33)(H,31,32). The molecule has 9 nitrogen and oxygen atoms in total. The molecule has 0 radical (unpaired) electrons. The molecule has 2 aliphatic heterocycles. The van der Waals surface area contributed by atoms with Crippen LogP contribution in [-0.2, 0) is 27.1 Å². The Hall–Kier alpha value is -2.39. The number of carboxylic acid groups (broad SMARTS) is 1. The van der Waals surface area contributed by atoms with Crippen molar-refractivity contribution in [2.75, 3.05) is 44.7 Å². The van der Waals surface area contributed by atoms with Gasteiger partial charge >= 0.3 is 12.1 Å². The summed E-state index contributed by atoms with van der Waals surface area (Å²) in [5.74, 6) is 0.574. The molecule has 3 heterocycles. The van der Waals surface area contributed by atoms with Crippen LogP contribution in [0.25, 0.3) is 0 Å². The van der Waals surface area contributed by atoms with Gasteiger partial charge in [-0.3, -0.25) is 0 Å². The Morgan fingerprint density at radius 1 is 1.26 bits per heavy atom. The fraction of sp³-hybridized carbons (Fsp3) is 0.731. The van der Waals surface area contributed by atoms with Crippen LogP contribution in [0.1, 0.15) is 64.1 Å². The molecule has 1 aromatic rings. The summed E-state index contributed by atoms with van der Waals surface area (Å²) in [5, 5.41) is 15.5. The molecule has 1 atom stereocenters. The van der Waals surface area contributed by atoms with E-state index < -0.39 is 23.7 Å². The molecule has 35 heavy (non-hydrogen) atoms. The number of ether oxygens (including phenoxy) is 2. The van der Waals surface area contributed by atoms with Gasteiger partial charge in [0.15, 0.2) is 0 Å². The lowest BCUT2D eigenvalue weighted by molar-refractivity contribution is -0.139. The van der Waals surface area contributed by atoms with Gasteiger partial charge < -0.3 is 30.1 Å². The number of fused-ring (bicyclic) bond motifs is 1. The summed E-state index contributed by atoms with van der Waals surface area (Å²) >= 11 is 0. The second-order valence-corrected chi connectivity index (χ2v) is 10.7. The number of pyridine rings is 1. The van der Waals surface area contributed by atoms with Crippen LogP contribution in [0.15, 0.2) is 12.1 Å². The van der Waals surface area contributed by atoms with E-state index in [2.05, 4.69) is 27.7 Å². The monoisotopic (exact) mass is 490 g/mol. The zero-order valence-electron chi connectivity index (χ0n) is 21.5. The molecule has 0 spiro atoms. The summed E-state index contributed by atoms with van der Waals surface area (Å²) in [6, 6.07) is 3.35. The first-order chi connectivity index (χ1) is 16.7. The summed E-state index contributed by atoms with van der Waals surface area (Å²) in [5.41, 5.74) is 1.75. The summed E-state index contributed by atoms with van der Waals surface area (Å²) in [6.45, 7) is 10.3. The number of rotatable bonds is 13. The van der Waals surface area contributed by atoms with E-state index in [4.69, 9.17) is 14.5 Å². The SMILES string of the molecule is CC(C)(C)OC(=O)NC(CCN(CCCCc1ccc2c(n1)NCCC2)CCC1COC1)C(=O)O. The number of hydrogen-bond acceptors (Lipinski definition) is 7. The van der Waals surface area contributed by atoms with Crippen molar-refractivity contribution in [1.82, 2.24) is 15.2 Å². The second kappa shape index (κ2) is 13.1. The van der Waals surface area contributed by atoms with Crippen LogP contribution < -0.4 is 10.6 Å². The second-order valence-electron chi connectivity index (χ2n) is 10.7. The van der Waals surface area contributed by atoms with Gasteiger partial charge in [0.2, 0.25) is 0 Å². The number of hydrogen-bond donors (Lipinski definition) is 3. The van der Waals surface area contributed by atoms with Gasteiger partial charge in [0, 0.05) is 24.7 Å². The number of aryl methyl sites for hydroxylation is 2. The number of anilines is 1. The number of nitrogens with zero attached hydrogens (tertiary/aromatic N) is 2.